The van der Waals surface area contributed by atoms with Crippen molar-refractivity contribution >= 4 is 0 Å². The number of nitrogens with zero attached hydrogens (tertiary/aromatic N) is 2. The number of benzene rings is 1. The van der Waals surface area contributed by atoms with E-state index in [0.29, 0.717) is 0 Å². The molecule has 0 N–H and O–H groups in total. The molecule has 0 radical (unpaired) electrons. The van der Waals surface area contributed by atoms with Gasteiger partial charge in [-0.3, -0.25) is 20.2 Å². The maximum absolute atomic E-state index is 12.4. The van der Waals surface area contributed by atoms with E-state index in [1.165, 1.54) is 0 Å². The molecule has 14 heavy (non-hydrogen) atoms. The normalized spacial score (nSPS) is 10.1. The Labute approximate surface area is 77.3 Å². The fourth-order valence-electron chi connectivity index (χ4n) is 0.955. The van der Waals surface area contributed by atoms with E-state index < -0.39 is 21.8 Å². The highest BCUT2D eigenvalue weighted by atomic mass is 19.1. The van der Waals surface area contributed by atoms with Gasteiger partial charge in [-0.2, -0.15) is 0 Å². The monoisotopic (exact) mass is 200 g/mol. The van der Waals surface area contributed by atoms with Crippen molar-refractivity contribution in [3.63, 3.8) is 0 Å². The van der Waals surface area contributed by atoms with Crippen molar-refractivity contribution in [3.05, 3.63) is 55.9 Å². The molecular formula is C7H5FN2O4. The molecule has 0 saturated carbocycles. The van der Waals surface area contributed by atoms with Crippen LogP contribution in [0.2, 0.25) is 0 Å². The Morgan fingerprint density at radius 3 is 1.86 bits per heavy atom. The van der Waals surface area contributed by atoms with Crippen molar-refractivity contribution in [2.24, 2.45) is 0 Å². The van der Waals surface area contributed by atoms with Crippen molar-refractivity contribution < 1.29 is 14.2 Å². The van der Waals surface area contributed by atoms with Gasteiger partial charge >= 0.3 is 6.17 Å². The summed E-state index contributed by atoms with van der Waals surface area (Å²) in [5.41, 5.74) is -0.151. The standard InChI is InChI=1S/C7H5FN2O4/c8-6-3-1-5(2-4-6)7(9(11)12)10(13)14/h1-4,7H. The van der Waals surface area contributed by atoms with E-state index in [1.54, 1.807) is 0 Å². The summed E-state index contributed by atoms with van der Waals surface area (Å²) in [7, 11) is 0. The SMILES string of the molecule is O=[N+]([O-])C(c1ccc(F)cc1)[N+](=O)[O-]. The van der Waals surface area contributed by atoms with E-state index in [2.05, 4.69) is 0 Å². The van der Waals surface area contributed by atoms with Crippen molar-refractivity contribution in [2.75, 3.05) is 0 Å². The highest BCUT2D eigenvalue weighted by molar-refractivity contribution is 5.16. The summed E-state index contributed by atoms with van der Waals surface area (Å²) in [6, 6.07) is 3.92. The number of hydrogen-bond donors (Lipinski definition) is 0. The highest BCUT2D eigenvalue weighted by Crippen LogP contribution is 2.17. The fourth-order valence-corrected chi connectivity index (χ4v) is 0.955. The number of nitro groups is 2. The first-order valence-corrected chi connectivity index (χ1v) is 3.55. The molecular weight excluding hydrogens is 195 g/mol. The zero-order chi connectivity index (χ0) is 10.7. The second-order valence-corrected chi connectivity index (χ2v) is 2.50. The van der Waals surface area contributed by atoms with Gasteiger partial charge in [0.05, 0.1) is 0 Å². The Kier molecular flexibility index (Phi) is 2.70. The smallest absolute Gasteiger partial charge is 0.258 e. The summed E-state index contributed by atoms with van der Waals surface area (Å²) in [6.45, 7) is 0. The van der Waals surface area contributed by atoms with Crippen LogP contribution in [-0.2, 0) is 0 Å². The number of halogens is 1. The van der Waals surface area contributed by atoms with Crippen LogP contribution < -0.4 is 0 Å². The maximum atomic E-state index is 12.4. The van der Waals surface area contributed by atoms with Crippen LogP contribution in [0.15, 0.2) is 24.3 Å². The molecule has 0 unspecified atom stereocenters. The third-order valence-corrected chi connectivity index (χ3v) is 1.57. The third kappa shape index (κ3) is 2.00. The van der Waals surface area contributed by atoms with Crippen LogP contribution in [-0.4, -0.2) is 9.85 Å². The Bertz CT molecular complexity index is 350. The lowest BCUT2D eigenvalue weighted by molar-refractivity contribution is -0.752. The summed E-state index contributed by atoms with van der Waals surface area (Å²) >= 11 is 0. The highest BCUT2D eigenvalue weighted by Gasteiger charge is 2.34. The Morgan fingerprint density at radius 2 is 1.50 bits per heavy atom. The van der Waals surface area contributed by atoms with Crippen LogP contribution in [0.5, 0.6) is 0 Å². The molecule has 7 heteroatoms. The van der Waals surface area contributed by atoms with E-state index in [9.17, 15) is 24.6 Å². The Hall–Kier alpha value is -2.05. The molecule has 0 heterocycles. The molecule has 0 spiro atoms. The lowest BCUT2D eigenvalue weighted by Gasteiger charge is -2.00. The van der Waals surface area contributed by atoms with Crippen LogP contribution in [0.1, 0.15) is 11.7 Å². The summed E-state index contributed by atoms with van der Waals surface area (Å²) in [4.78, 5) is 18.5. The summed E-state index contributed by atoms with van der Waals surface area (Å²) in [5.74, 6) is -0.598. The van der Waals surface area contributed by atoms with E-state index in [1.807, 2.05) is 0 Å². The topological polar surface area (TPSA) is 86.3 Å². The van der Waals surface area contributed by atoms with Gasteiger partial charge in [-0.05, 0) is 24.3 Å². The molecule has 0 aromatic heterocycles. The van der Waals surface area contributed by atoms with Crippen molar-refractivity contribution in [1.29, 1.82) is 0 Å². The average Bonchev–Trinajstić information content (AvgIpc) is 2.07. The van der Waals surface area contributed by atoms with Crippen LogP contribution >= 0.6 is 0 Å². The van der Waals surface area contributed by atoms with Gasteiger partial charge in [0.1, 0.15) is 21.2 Å². The number of hydrogen-bond acceptors (Lipinski definition) is 4. The zero-order valence-electron chi connectivity index (χ0n) is 6.79. The molecule has 6 nitrogen and oxygen atoms in total. The van der Waals surface area contributed by atoms with Gasteiger partial charge in [-0.25, -0.2) is 4.39 Å². The summed E-state index contributed by atoms with van der Waals surface area (Å²) < 4.78 is 12.4. The molecule has 74 valence electrons. The van der Waals surface area contributed by atoms with Gasteiger partial charge < -0.3 is 0 Å². The average molecular weight is 200 g/mol. The largest absolute Gasteiger partial charge is 0.476 e. The van der Waals surface area contributed by atoms with Crippen LogP contribution in [0, 0.1) is 26.0 Å². The van der Waals surface area contributed by atoms with Gasteiger partial charge in [0.15, 0.2) is 0 Å². The first-order chi connectivity index (χ1) is 6.52. The Balaban J connectivity index is 3.06. The lowest BCUT2D eigenvalue weighted by atomic mass is 10.2. The first kappa shape index (κ1) is 10.0. The van der Waals surface area contributed by atoms with Crippen molar-refractivity contribution in [1.82, 2.24) is 0 Å². The van der Waals surface area contributed by atoms with Crippen molar-refractivity contribution in [3.8, 4) is 0 Å². The fraction of sp³-hybridized carbons (Fsp3) is 0.143. The second-order valence-electron chi connectivity index (χ2n) is 2.50. The molecule has 0 aliphatic carbocycles. The summed E-state index contributed by atoms with van der Waals surface area (Å²) in [6.07, 6.45) is -2.03. The minimum Gasteiger partial charge on any atom is -0.258 e. The lowest BCUT2D eigenvalue weighted by Crippen LogP contribution is -2.19. The zero-order valence-corrected chi connectivity index (χ0v) is 6.79. The third-order valence-electron chi connectivity index (χ3n) is 1.57. The van der Waals surface area contributed by atoms with E-state index in [-0.39, 0.29) is 5.56 Å². The van der Waals surface area contributed by atoms with Gasteiger partial charge in [0.2, 0.25) is 0 Å². The quantitative estimate of drug-likeness (QED) is 0.419. The van der Waals surface area contributed by atoms with Crippen LogP contribution in [0.4, 0.5) is 4.39 Å². The molecule has 1 aromatic rings. The van der Waals surface area contributed by atoms with E-state index in [4.69, 9.17) is 0 Å². The predicted octanol–water partition coefficient (Wildman–Crippen LogP) is 1.38. The molecule has 0 atom stereocenters. The first-order valence-electron chi connectivity index (χ1n) is 3.55. The van der Waals surface area contributed by atoms with Gasteiger partial charge in [-0.15, -0.1) is 0 Å². The molecule has 0 bridgehead atoms. The predicted molar refractivity (Wildman–Crippen MR) is 43.1 cm³/mol. The Morgan fingerprint density at radius 1 is 1.07 bits per heavy atom. The molecule has 1 rings (SSSR count). The van der Waals surface area contributed by atoms with Crippen LogP contribution in [0.25, 0.3) is 0 Å². The molecule has 0 amide bonds. The molecule has 0 aliphatic heterocycles. The molecule has 0 aliphatic rings. The minimum absolute atomic E-state index is 0.151. The van der Waals surface area contributed by atoms with Gasteiger partial charge in [0.25, 0.3) is 0 Å². The van der Waals surface area contributed by atoms with Crippen molar-refractivity contribution in [2.45, 2.75) is 6.17 Å². The molecule has 0 fully saturated rings. The van der Waals surface area contributed by atoms with E-state index >= 15 is 0 Å². The summed E-state index contributed by atoms with van der Waals surface area (Å²) in [5, 5.41) is 20.6. The maximum Gasteiger partial charge on any atom is 0.476 e. The molecule has 1 aromatic carbocycles. The van der Waals surface area contributed by atoms with E-state index in [0.717, 1.165) is 24.3 Å². The van der Waals surface area contributed by atoms with Gasteiger partial charge in [0, 0.05) is 0 Å². The molecule has 0 saturated heterocycles. The minimum atomic E-state index is -2.03. The van der Waals surface area contributed by atoms with Gasteiger partial charge in [-0.1, -0.05) is 0 Å². The van der Waals surface area contributed by atoms with Crippen LogP contribution in [0.3, 0.4) is 0 Å². The second kappa shape index (κ2) is 3.77. The number of rotatable bonds is 3.